The van der Waals surface area contributed by atoms with Crippen LogP contribution in [0.25, 0.3) is 6.08 Å². The third-order valence-corrected chi connectivity index (χ3v) is 5.02. The number of nitriles is 1. The van der Waals surface area contributed by atoms with Crippen LogP contribution in [0.2, 0.25) is 0 Å². The van der Waals surface area contributed by atoms with Crippen LogP contribution in [0.1, 0.15) is 36.8 Å². The molecule has 0 spiro atoms. The summed E-state index contributed by atoms with van der Waals surface area (Å²) >= 11 is 0. The van der Waals surface area contributed by atoms with Gasteiger partial charge in [0.1, 0.15) is 11.6 Å². The van der Waals surface area contributed by atoms with Gasteiger partial charge in [-0.05, 0) is 42.2 Å². The Morgan fingerprint density at radius 2 is 1.93 bits per heavy atom. The number of phenolic OH excluding ortho intramolecular Hbond substituents is 1. The van der Waals surface area contributed by atoms with Crippen molar-refractivity contribution in [2.24, 2.45) is 0 Å². The van der Waals surface area contributed by atoms with E-state index in [4.69, 9.17) is 4.74 Å². The van der Waals surface area contributed by atoms with E-state index in [0.29, 0.717) is 11.3 Å². The molecule has 27 heavy (non-hydrogen) atoms. The average Bonchev–Trinajstić information content (AvgIpc) is 3.16. The first kappa shape index (κ1) is 18.5. The second-order valence-corrected chi connectivity index (χ2v) is 6.71. The molecule has 1 aliphatic carbocycles. The van der Waals surface area contributed by atoms with Crippen LogP contribution in [0, 0.1) is 11.3 Å². The Hall–Kier alpha value is -3.26. The van der Waals surface area contributed by atoms with Gasteiger partial charge in [-0.25, -0.2) is 0 Å². The summed E-state index contributed by atoms with van der Waals surface area (Å²) in [5, 5.41) is 22.5. The van der Waals surface area contributed by atoms with Crippen molar-refractivity contribution in [2.75, 3.05) is 7.11 Å². The molecule has 0 atom stereocenters. The number of hydrogen-bond donors (Lipinski definition) is 2. The molecule has 2 aromatic carbocycles. The maximum atomic E-state index is 12.8. The molecule has 0 aliphatic heterocycles. The predicted octanol–water partition coefficient (Wildman–Crippen LogP) is 3.89. The number of methoxy groups -OCH3 is 1. The number of nitrogens with zero attached hydrogens (tertiary/aromatic N) is 1. The molecular weight excluding hydrogens is 340 g/mol. The second-order valence-electron chi connectivity index (χ2n) is 6.71. The molecule has 138 valence electrons. The summed E-state index contributed by atoms with van der Waals surface area (Å²) < 4.78 is 5.01. The van der Waals surface area contributed by atoms with E-state index in [-0.39, 0.29) is 11.3 Å². The minimum absolute atomic E-state index is 0.00164. The standard InChI is InChI=1S/C22H22N2O3/c1-27-20-10-9-16(14-19(20)25)13-17(15-23)21(26)24-22(11-5-6-12-22)18-7-3-2-4-8-18/h2-4,7-10,13-14,25H,5-6,11-12H2,1H3,(H,24,26)/b17-13+. The Morgan fingerprint density at radius 1 is 1.22 bits per heavy atom. The van der Waals surface area contributed by atoms with Gasteiger partial charge < -0.3 is 15.2 Å². The first-order valence-electron chi connectivity index (χ1n) is 8.95. The number of carbonyl (C=O) groups excluding carboxylic acids is 1. The zero-order valence-electron chi connectivity index (χ0n) is 15.2. The van der Waals surface area contributed by atoms with Crippen molar-refractivity contribution < 1.29 is 14.6 Å². The first-order chi connectivity index (χ1) is 13.1. The molecule has 1 aliphatic rings. The zero-order chi connectivity index (χ0) is 19.3. The fraction of sp³-hybridized carbons (Fsp3) is 0.273. The number of nitrogens with one attached hydrogen (secondary N) is 1. The molecule has 5 heteroatoms. The lowest BCUT2D eigenvalue weighted by atomic mass is 9.87. The van der Waals surface area contributed by atoms with Crippen molar-refractivity contribution >= 4 is 12.0 Å². The minimum Gasteiger partial charge on any atom is -0.504 e. The van der Waals surface area contributed by atoms with Crippen LogP contribution in [-0.2, 0) is 10.3 Å². The Labute approximate surface area is 158 Å². The highest BCUT2D eigenvalue weighted by Crippen LogP contribution is 2.39. The van der Waals surface area contributed by atoms with Crippen molar-refractivity contribution in [1.82, 2.24) is 5.32 Å². The number of aromatic hydroxyl groups is 1. The highest BCUT2D eigenvalue weighted by Gasteiger charge is 2.37. The van der Waals surface area contributed by atoms with Crippen molar-refractivity contribution in [2.45, 2.75) is 31.2 Å². The zero-order valence-corrected chi connectivity index (χ0v) is 15.2. The van der Waals surface area contributed by atoms with Crippen molar-refractivity contribution in [3.63, 3.8) is 0 Å². The number of rotatable bonds is 5. The molecule has 0 unspecified atom stereocenters. The molecule has 0 radical (unpaired) electrons. The average molecular weight is 362 g/mol. The molecular formula is C22H22N2O3. The molecule has 2 aromatic rings. The summed E-state index contributed by atoms with van der Waals surface area (Å²) in [6.07, 6.45) is 5.25. The summed E-state index contributed by atoms with van der Waals surface area (Å²) in [5.74, 6) is -0.108. The number of hydrogen-bond acceptors (Lipinski definition) is 4. The van der Waals surface area contributed by atoms with Crippen LogP contribution >= 0.6 is 0 Å². The van der Waals surface area contributed by atoms with Gasteiger partial charge in [-0.15, -0.1) is 0 Å². The van der Waals surface area contributed by atoms with E-state index in [1.807, 2.05) is 36.4 Å². The third kappa shape index (κ3) is 3.95. The van der Waals surface area contributed by atoms with Crippen molar-refractivity contribution in [1.29, 1.82) is 5.26 Å². The predicted molar refractivity (Wildman–Crippen MR) is 103 cm³/mol. The van der Waals surface area contributed by atoms with E-state index in [0.717, 1.165) is 31.2 Å². The number of carbonyl (C=O) groups is 1. The van der Waals surface area contributed by atoms with Crippen LogP contribution in [0.4, 0.5) is 0 Å². The van der Waals surface area contributed by atoms with Crippen LogP contribution in [0.5, 0.6) is 11.5 Å². The van der Waals surface area contributed by atoms with E-state index in [9.17, 15) is 15.2 Å². The van der Waals surface area contributed by atoms with Crippen molar-refractivity contribution in [3.8, 4) is 17.6 Å². The van der Waals surface area contributed by atoms with Gasteiger partial charge in [0, 0.05) is 0 Å². The lowest BCUT2D eigenvalue weighted by Crippen LogP contribution is -2.44. The molecule has 5 nitrogen and oxygen atoms in total. The van der Waals surface area contributed by atoms with Gasteiger partial charge in [0.15, 0.2) is 11.5 Å². The SMILES string of the molecule is COc1ccc(/C=C(\C#N)C(=O)NC2(c3ccccc3)CCCC2)cc1O. The van der Waals surface area contributed by atoms with Crippen LogP contribution in [0.3, 0.4) is 0 Å². The van der Waals surface area contributed by atoms with Gasteiger partial charge in [-0.3, -0.25) is 4.79 Å². The largest absolute Gasteiger partial charge is 0.504 e. The van der Waals surface area contributed by atoms with Crippen LogP contribution < -0.4 is 10.1 Å². The Kier molecular flexibility index (Phi) is 5.46. The number of amides is 1. The maximum Gasteiger partial charge on any atom is 0.262 e. The summed E-state index contributed by atoms with van der Waals surface area (Å²) in [5.41, 5.74) is 1.19. The molecule has 1 saturated carbocycles. The Balaban J connectivity index is 1.86. The van der Waals surface area contributed by atoms with Gasteiger partial charge in [0.25, 0.3) is 5.91 Å². The summed E-state index contributed by atoms with van der Waals surface area (Å²) in [4.78, 5) is 12.8. The molecule has 0 saturated heterocycles. The van der Waals surface area contributed by atoms with Gasteiger partial charge >= 0.3 is 0 Å². The lowest BCUT2D eigenvalue weighted by Gasteiger charge is -2.31. The first-order valence-corrected chi connectivity index (χ1v) is 8.95. The van der Waals surface area contributed by atoms with Gasteiger partial charge in [-0.1, -0.05) is 49.2 Å². The summed E-state index contributed by atoms with van der Waals surface area (Å²) in [7, 11) is 1.46. The fourth-order valence-electron chi connectivity index (χ4n) is 3.62. The quantitative estimate of drug-likeness (QED) is 0.624. The second kappa shape index (κ2) is 7.96. The smallest absolute Gasteiger partial charge is 0.262 e. The van der Waals surface area contributed by atoms with E-state index < -0.39 is 11.4 Å². The Morgan fingerprint density at radius 3 is 2.52 bits per heavy atom. The summed E-state index contributed by atoms with van der Waals surface area (Å²) in [6.45, 7) is 0. The number of phenols is 1. The van der Waals surface area contributed by atoms with E-state index in [1.165, 1.54) is 19.3 Å². The van der Waals surface area contributed by atoms with Crippen LogP contribution in [-0.4, -0.2) is 18.1 Å². The highest BCUT2D eigenvalue weighted by molar-refractivity contribution is 6.02. The number of ether oxygens (including phenoxy) is 1. The van der Waals surface area contributed by atoms with E-state index in [1.54, 1.807) is 12.1 Å². The molecule has 3 rings (SSSR count). The number of benzene rings is 2. The van der Waals surface area contributed by atoms with Gasteiger partial charge in [-0.2, -0.15) is 5.26 Å². The van der Waals surface area contributed by atoms with E-state index >= 15 is 0 Å². The van der Waals surface area contributed by atoms with Gasteiger partial charge in [0.2, 0.25) is 0 Å². The Bertz CT molecular complexity index is 892. The molecule has 0 bridgehead atoms. The fourth-order valence-corrected chi connectivity index (χ4v) is 3.62. The van der Waals surface area contributed by atoms with Crippen LogP contribution in [0.15, 0.2) is 54.1 Å². The molecule has 0 heterocycles. The topological polar surface area (TPSA) is 82.3 Å². The third-order valence-electron chi connectivity index (χ3n) is 5.02. The van der Waals surface area contributed by atoms with Gasteiger partial charge in [0.05, 0.1) is 12.6 Å². The molecule has 1 fully saturated rings. The minimum atomic E-state index is -0.434. The van der Waals surface area contributed by atoms with Crippen molar-refractivity contribution in [3.05, 3.63) is 65.2 Å². The van der Waals surface area contributed by atoms with E-state index in [2.05, 4.69) is 5.32 Å². The molecule has 2 N–H and O–H groups in total. The summed E-state index contributed by atoms with van der Waals surface area (Å²) in [6, 6.07) is 16.6. The monoisotopic (exact) mass is 362 g/mol. The highest BCUT2D eigenvalue weighted by atomic mass is 16.5. The normalized spacial score (nSPS) is 15.8. The molecule has 1 amide bonds. The lowest BCUT2D eigenvalue weighted by molar-refractivity contribution is -0.119. The molecule has 0 aromatic heterocycles. The maximum absolute atomic E-state index is 12.8.